The van der Waals surface area contributed by atoms with Crippen molar-refractivity contribution >= 4 is 0 Å². The van der Waals surface area contributed by atoms with Gasteiger partial charge in [0.2, 0.25) is 0 Å². The first kappa shape index (κ1) is 33.0. The van der Waals surface area contributed by atoms with Crippen molar-refractivity contribution in [1.82, 2.24) is 0 Å². The van der Waals surface area contributed by atoms with E-state index in [1.165, 1.54) is 0 Å². The molecule has 0 nitrogen and oxygen atoms in total. The average Bonchev–Trinajstić information content (AvgIpc) is 2.60. The molecule has 0 radical (unpaired) electrons. The Morgan fingerprint density at radius 2 is 0.485 bits per heavy atom. The van der Waals surface area contributed by atoms with E-state index in [1.807, 2.05) is 0 Å². The zero-order valence-electron chi connectivity index (χ0n) is 18.3. The molecule has 0 amide bonds. The predicted octanol–water partition coefficient (Wildman–Crippen LogP) is 10.7. The van der Waals surface area contributed by atoms with Gasteiger partial charge in [-0.05, 0) is 0 Å². The summed E-state index contributed by atoms with van der Waals surface area (Å²) in [6, 6.07) is 0. The second-order valence-corrected chi connectivity index (χ2v) is 21.1. The molecule has 0 saturated heterocycles. The topological polar surface area (TPSA) is 0 Å². The van der Waals surface area contributed by atoms with E-state index >= 15 is 0 Å². The van der Waals surface area contributed by atoms with Crippen LogP contribution in [0, 0.1) is 0 Å². The minimum absolute atomic E-state index is 0.146. The summed E-state index contributed by atoms with van der Waals surface area (Å²) in [5, 5.41) is 0. The number of halogens is 12. The van der Waals surface area contributed by atoms with Crippen molar-refractivity contribution < 1.29 is 73.0 Å². The number of hydrogen-bond acceptors (Lipinski definition) is 0. The fraction of sp³-hybridized carbons (Fsp3) is 1.00. The first-order valence-electron chi connectivity index (χ1n) is 11.1. The van der Waals surface area contributed by atoms with Crippen LogP contribution in [0.15, 0.2) is 0 Å². The molecule has 0 rings (SSSR count). The molecule has 0 bridgehead atoms. The summed E-state index contributed by atoms with van der Waals surface area (Å²) >= 11 is -3.56. The summed E-state index contributed by atoms with van der Waals surface area (Å²) < 4.78 is 151. The Hall–Kier alpha value is 0.0431. The maximum atomic E-state index is 12.5. The molecule has 0 aliphatic carbocycles. The molecule has 0 aromatic carbocycles. The zero-order chi connectivity index (χ0) is 25.8. The third-order valence-corrected chi connectivity index (χ3v) is 19.6. The van der Waals surface area contributed by atoms with Crippen molar-refractivity contribution in [1.29, 1.82) is 0 Å². The van der Waals surface area contributed by atoms with Crippen LogP contribution in [0.5, 0.6) is 0 Å². The molecular weight excluding hydrogens is 559 g/mol. The maximum absolute atomic E-state index is 12.5. The molecular formula is C20H32F12Zr. The molecule has 0 aliphatic heterocycles. The van der Waals surface area contributed by atoms with Gasteiger partial charge in [0.05, 0.1) is 0 Å². The molecule has 0 saturated carbocycles. The van der Waals surface area contributed by atoms with Crippen LogP contribution >= 0.6 is 0 Å². The molecule has 200 valence electrons. The van der Waals surface area contributed by atoms with Gasteiger partial charge in [0.1, 0.15) is 0 Å². The SMILES string of the molecule is FC(F)(F)CCC[CH2][Zr]([CH2]CCCC(F)(F)F)([CH2]CCCC(F)(F)F)[CH2]CCCC(F)(F)F. The molecule has 0 spiro atoms. The average molecular weight is 592 g/mol. The first-order valence-corrected chi connectivity index (χ1v) is 18.0. The van der Waals surface area contributed by atoms with Crippen LogP contribution in [0.25, 0.3) is 0 Å². The van der Waals surface area contributed by atoms with Crippen LogP contribution in [0.1, 0.15) is 77.0 Å². The van der Waals surface area contributed by atoms with Gasteiger partial charge in [0.25, 0.3) is 0 Å². The molecule has 0 unspecified atom stereocenters. The quantitative estimate of drug-likeness (QED) is 0.124. The van der Waals surface area contributed by atoms with Crippen molar-refractivity contribution in [2.75, 3.05) is 0 Å². The van der Waals surface area contributed by atoms with Crippen LogP contribution in [0.4, 0.5) is 52.7 Å². The molecule has 0 aromatic heterocycles. The van der Waals surface area contributed by atoms with Crippen LogP contribution in [-0.4, -0.2) is 24.7 Å². The van der Waals surface area contributed by atoms with E-state index in [9.17, 15) is 52.7 Å². The van der Waals surface area contributed by atoms with Crippen LogP contribution < -0.4 is 0 Å². The van der Waals surface area contributed by atoms with Gasteiger partial charge < -0.3 is 0 Å². The van der Waals surface area contributed by atoms with Gasteiger partial charge in [0, 0.05) is 0 Å². The van der Waals surface area contributed by atoms with E-state index in [2.05, 4.69) is 0 Å². The van der Waals surface area contributed by atoms with Gasteiger partial charge in [-0.3, -0.25) is 0 Å². The second kappa shape index (κ2) is 14.6. The van der Waals surface area contributed by atoms with Gasteiger partial charge in [-0.2, -0.15) is 0 Å². The summed E-state index contributed by atoms with van der Waals surface area (Å²) in [6.07, 6.45) is -21.8. The van der Waals surface area contributed by atoms with Crippen molar-refractivity contribution in [2.24, 2.45) is 0 Å². The molecule has 0 aromatic rings. The molecule has 13 heteroatoms. The van der Waals surface area contributed by atoms with E-state index in [4.69, 9.17) is 0 Å². The van der Waals surface area contributed by atoms with Crippen molar-refractivity contribution in [2.45, 2.75) is 118 Å². The van der Waals surface area contributed by atoms with Gasteiger partial charge >= 0.3 is 191 Å². The third-order valence-electron chi connectivity index (χ3n) is 5.67. The van der Waals surface area contributed by atoms with Crippen LogP contribution in [0.3, 0.4) is 0 Å². The zero-order valence-corrected chi connectivity index (χ0v) is 20.8. The molecule has 0 aliphatic rings. The Morgan fingerprint density at radius 3 is 0.636 bits per heavy atom. The number of alkyl halides is 12. The van der Waals surface area contributed by atoms with Crippen LogP contribution in [-0.2, 0) is 20.3 Å². The normalized spacial score (nSPS) is 14.2. The van der Waals surface area contributed by atoms with E-state index < -0.39 is 70.7 Å². The summed E-state index contributed by atoms with van der Waals surface area (Å²) in [5.41, 5.74) is 0. The van der Waals surface area contributed by atoms with E-state index in [0.29, 0.717) is 16.5 Å². The second-order valence-electron chi connectivity index (χ2n) is 8.79. The van der Waals surface area contributed by atoms with E-state index in [0.717, 1.165) is 0 Å². The predicted molar refractivity (Wildman–Crippen MR) is 98.9 cm³/mol. The Bertz CT molecular complexity index is 412. The van der Waals surface area contributed by atoms with Crippen molar-refractivity contribution in [3.63, 3.8) is 0 Å². The summed E-state index contributed by atoms with van der Waals surface area (Å²) in [5.74, 6) is 0. The minimum atomic E-state index is -4.37. The fourth-order valence-corrected chi connectivity index (χ4v) is 17.6. The van der Waals surface area contributed by atoms with Crippen LogP contribution in [0.2, 0.25) is 16.5 Å². The molecule has 0 atom stereocenters. The monoisotopic (exact) mass is 590 g/mol. The standard InChI is InChI=1S/4C5H8F3.Zr/c4*1-2-3-4-5(6,7)8;/h4*1-4H2;. The Kier molecular flexibility index (Phi) is 14.6. The number of rotatable bonds is 16. The molecule has 0 heterocycles. The third kappa shape index (κ3) is 22.3. The summed E-state index contributed by atoms with van der Waals surface area (Å²) in [4.78, 5) is 0. The van der Waals surface area contributed by atoms with Gasteiger partial charge in [-0.1, -0.05) is 0 Å². The Balaban J connectivity index is 5.17. The summed E-state index contributed by atoms with van der Waals surface area (Å²) in [6.45, 7) is 0. The molecule has 0 N–H and O–H groups in total. The van der Waals surface area contributed by atoms with Crippen molar-refractivity contribution in [3.05, 3.63) is 0 Å². The van der Waals surface area contributed by atoms with E-state index in [1.54, 1.807) is 0 Å². The summed E-state index contributed by atoms with van der Waals surface area (Å²) in [7, 11) is 0. The van der Waals surface area contributed by atoms with Gasteiger partial charge in [-0.25, -0.2) is 0 Å². The molecule has 33 heavy (non-hydrogen) atoms. The molecule has 0 fully saturated rings. The fourth-order valence-electron chi connectivity index (χ4n) is 4.05. The Labute approximate surface area is 191 Å². The van der Waals surface area contributed by atoms with E-state index in [-0.39, 0.29) is 51.4 Å². The van der Waals surface area contributed by atoms with Crippen molar-refractivity contribution in [3.8, 4) is 0 Å². The Morgan fingerprint density at radius 1 is 0.303 bits per heavy atom. The van der Waals surface area contributed by atoms with Gasteiger partial charge in [-0.15, -0.1) is 0 Å². The number of unbranched alkanes of at least 4 members (excludes halogenated alkanes) is 4. The number of hydrogen-bond donors (Lipinski definition) is 0. The van der Waals surface area contributed by atoms with Gasteiger partial charge in [0.15, 0.2) is 0 Å². The first-order chi connectivity index (χ1) is 14.8.